The summed E-state index contributed by atoms with van der Waals surface area (Å²) in [4.78, 5) is 13.4. The van der Waals surface area contributed by atoms with E-state index in [1.807, 2.05) is 6.26 Å². The summed E-state index contributed by atoms with van der Waals surface area (Å²) in [6.07, 6.45) is 2.63. The number of rotatable bonds is 8. The Morgan fingerprint density at radius 2 is 2.20 bits per heavy atom. The van der Waals surface area contributed by atoms with E-state index < -0.39 is 11.9 Å². The lowest BCUT2D eigenvalue weighted by Crippen LogP contribution is -2.43. The molecular formula is C14H21FN2O2S. The van der Waals surface area contributed by atoms with E-state index in [0.717, 1.165) is 5.75 Å². The zero-order valence-corrected chi connectivity index (χ0v) is 12.7. The molecule has 4 nitrogen and oxygen atoms in total. The van der Waals surface area contributed by atoms with E-state index in [4.69, 9.17) is 10.5 Å². The number of benzene rings is 1. The number of thioether (sulfide) groups is 1. The molecule has 6 heteroatoms. The molecule has 0 aliphatic carbocycles. The molecule has 0 aliphatic rings. The zero-order valence-electron chi connectivity index (χ0n) is 11.8. The lowest BCUT2D eigenvalue weighted by Gasteiger charge is -2.21. The highest BCUT2D eigenvalue weighted by Crippen LogP contribution is 2.15. The number of nitrogens with zero attached hydrogens (tertiary/aromatic N) is 1. The van der Waals surface area contributed by atoms with Gasteiger partial charge in [0.2, 0.25) is 5.91 Å². The predicted molar refractivity (Wildman–Crippen MR) is 80.5 cm³/mol. The number of carbonyl (C=O) groups excluding carboxylic acids is 1. The average Bonchev–Trinajstić information content (AvgIpc) is 2.45. The number of ether oxygens (including phenoxy) is 1. The first kappa shape index (κ1) is 16.8. The smallest absolute Gasteiger partial charge is 0.239 e. The molecule has 1 atom stereocenters. The van der Waals surface area contributed by atoms with E-state index in [0.29, 0.717) is 13.0 Å². The normalized spacial score (nSPS) is 12.0. The molecular weight excluding hydrogens is 279 g/mol. The Balaban J connectivity index is 2.34. The maximum Gasteiger partial charge on any atom is 0.239 e. The van der Waals surface area contributed by atoms with Crippen molar-refractivity contribution >= 4 is 17.7 Å². The van der Waals surface area contributed by atoms with Crippen molar-refractivity contribution in [3.8, 4) is 5.75 Å². The number of nitrogens with two attached hydrogens (primary N) is 1. The number of carbonyl (C=O) groups is 1. The van der Waals surface area contributed by atoms with Gasteiger partial charge in [-0.25, -0.2) is 4.39 Å². The molecule has 1 amide bonds. The first-order chi connectivity index (χ1) is 9.56. The summed E-state index contributed by atoms with van der Waals surface area (Å²) in [7, 11) is 1.67. The second-order valence-electron chi connectivity index (χ2n) is 4.43. The summed E-state index contributed by atoms with van der Waals surface area (Å²) in [5.74, 6) is 0.529. The van der Waals surface area contributed by atoms with Crippen molar-refractivity contribution in [2.24, 2.45) is 5.73 Å². The fraction of sp³-hybridized carbons (Fsp3) is 0.500. The molecule has 1 aromatic carbocycles. The van der Waals surface area contributed by atoms with Crippen LogP contribution in [0.1, 0.15) is 6.42 Å². The number of halogens is 1. The largest absolute Gasteiger partial charge is 0.489 e. The van der Waals surface area contributed by atoms with Gasteiger partial charge in [-0.05, 0) is 30.6 Å². The molecule has 20 heavy (non-hydrogen) atoms. The maximum absolute atomic E-state index is 13.3. The molecule has 0 saturated carbocycles. The molecule has 0 aromatic heterocycles. The summed E-state index contributed by atoms with van der Waals surface area (Å²) >= 11 is 1.66. The zero-order chi connectivity index (χ0) is 15.0. The summed E-state index contributed by atoms with van der Waals surface area (Å²) in [6, 6.07) is 5.71. The fourth-order valence-electron chi connectivity index (χ4n) is 1.62. The lowest BCUT2D eigenvalue weighted by molar-refractivity contribution is -0.131. The maximum atomic E-state index is 13.3. The van der Waals surface area contributed by atoms with Gasteiger partial charge < -0.3 is 15.4 Å². The van der Waals surface area contributed by atoms with E-state index in [9.17, 15) is 9.18 Å². The van der Waals surface area contributed by atoms with Gasteiger partial charge in [0.1, 0.15) is 6.61 Å². The first-order valence-corrected chi connectivity index (χ1v) is 7.82. The summed E-state index contributed by atoms with van der Waals surface area (Å²) in [5.41, 5.74) is 5.81. The number of amides is 1. The topological polar surface area (TPSA) is 55.6 Å². The van der Waals surface area contributed by atoms with Crippen LogP contribution < -0.4 is 10.5 Å². The van der Waals surface area contributed by atoms with Gasteiger partial charge in [-0.2, -0.15) is 11.8 Å². The van der Waals surface area contributed by atoms with Gasteiger partial charge in [0, 0.05) is 7.05 Å². The molecule has 0 aliphatic heterocycles. The second kappa shape index (κ2) is 8.81. The molecule has 0 unspecified atom stereocenters. The Bertz CT molecular complexity index is 431. The van der Waals surface area contributed by atoms with Crippen LogP contribution in [0, 0.1) is 5.82 Å². The molecule has 112 valence electrons. The Morgan fingerprint density at radius 3 is 2.85 bits per heavy atom. The minimum atomic E-state index is -0.485. The highest BCUT2D eigenvalue weighted by molar-refractivity contribution is 7.98. The number of para-hydroxylation sites is 1. The van der Waals surface area contributed by atoms with Crippen LogP contribution in [-0.2, 0) is 4.79 Å². The van der Waals surface area contributed by atoms with Crippen molar-refractivity contribution in [3.05, 3.63) is 30.1 Å². The van der Waals surface area contributed by atoms with E-state index in [-0.39, 0.29) is 18.3 Å². The van der Waals surface area contributed by atoms with E-state index in [1.165, 1.54) is 11.0 Å². The van der Waals surface area contributed by atoms with Gasteiger partial charge in [0.15, 0.2) is 11.6 Å². The van der Waals surface area contributed by atoms with Crippen molar-refractivity contribution in [1.82, 2.24) is 4.90 Å². The Hall–Kier alpha value is -1.27. The van der Waals surface area contributed by atoms with Gasteiger partial charge in [-0.1, -0.05) is 12.1 Å². The van der Waals surface area contributed by atoms with Crippen molar-refractivity contribution in [2.75, 3.05) is 32.2 Å². The number of hydrogen-bond acceptors (Lipinski definition) is 4. The van der Waals surface area contributed by atoms with Crippen molar-refractivity contribution in [3.63, 3.8) is 0 Å². The standard InChI is InChI=1S/C14H21FN2O2S/c1-17(14(18)12(16)7-10-20-2)8-9-19-13-6-4-3-5-11(13)15/h3-6,12H,7-10,16H2,1-2H3/t12-/m0/s1. The second-order valence-corrected chi connectivity index (χ2v) is 5.41. The van der Waals surface area contributed by atoms with E-state index >= 15 is 0 Å². The molecule has 0 radical (unpaired) electrons. The average molecular weight is 300 g/mol. The minimum absolute atomic E-state index is 0.115. The highest BCUT2D eigenvalue weighted by atomic mass is 32.2. The van der Waals surface area contributed by atoms with Crippen molar-refractivity contribution < 1.29 is 13.9 Å². The van der Waals surface area contributed by atoms with Gasteiger partial charge in [0.05, 0.1) is 12.6 Å². The fourth-order valence-corrected chi connectivity index (χ4v) is 2.11. The molecule has 2 N–H and O–H groups in total. The Morgan fingerprint density at radius 1 is 1.50 bits per heavy atom. The van der Waals surface area contributed by atoms with Crippen LogP contribution in [0.4, 0.5) is 4.39 Å². The van der Waals surface area contributed by atoms with Gasteiger partial charge in [-0.3, -0.25) is 4.79 Å². The van der Waals surface area contributed by atoms with Crippen molar-refractivity contribution in [2.45, 2.75) is 12.5 Å². The lowest BCUT2D eigenvalue weighted by atomic mass is 10.2. The van der Waals surface area contributed by atoms with Crippen LogP contribution in [0.3, 0.4) is 0 Å². The van der Waals surface area contributed by atoms with Crippen LogP contribution >= 0.6 is 11.8 Å². The van der Waals surface area contributed by atoms with Crippen LogP contribution in [-0.4, -0.2) is 49.1 Å². The molecule has 0 fully saturated rings. The van der Waals surface area contributed by atoms with E-state index in [2.05, 4.69) is 0 Å². The molecule has 0 bridgehead atoms. The van der Waals surface area contributed by atoms with Crippen molar-refractivity contribution in [1.29, 1.82) is 0 Å². The quantitative estimate of drug-likeness (QED) is 0.794. The van der Waals surface area contributed by atoms with Crippen LogP contribution in [0.5, 0.6) is 5.75 Å². The summed E-state index contributed by atoms with van der Waals surface area (Å²) in [5, 5.41) is 0. The Labute approximate surface area is 123 Å². The monoisotopic (exact) mass is 300 g/mol. The molecule has 0 saturated heterocycles. The molecule has 0 heterocycles. The third-order valence-electron chi connectivity index (χ3n) is 2.85. The van der Waals surface area contributed by atoms with Gasteiger partial charge >= 0.3 is 0 Å². The van der Waals surface area contributed by atoms with Crippen LogP contribution in [0.25, 0.3) is 0 Å². The predicted octanol–water partition coefficient (Wildman–Crippen LogP) is 1.74. The molecule has 0 spiro atoms. The van der Waals surface area contributed by atoms with E-state index in [1.54, 1.807) is 37.0 Å². The molecule has 1 rings (SSSR count). The Kier molecular flexibility index (Phi) is 7.40. The number of likely N-dealkylation sites (N-methyl/N-ethyl adjacent to an activating group) is 1. The highest BCUT2D eigenvalue weighted by Gasteiger charge is 2.17. The van der Waals surface area contributed by atoms with Gasteiger partial charge in [0.25, 0.3) is 0 Å². The summed E-state index contributed by atoms with van der Waals surface area (Å²) < 4.78 is 18.6. The van der Waals surface area contributed by atoms with Crippen LogP contribution in [0.15, 0.2) is 24.3 Å². The van der Waals surface area contributed by atoms with Crippen LogP contribution in [0.2, 0.25) is 0 Å². The van der Waals surface area contributed by atoms with Gasteiger partial charge in [-0.15, -0.1) is 0 Å². The third kappa shape index (κ3) is 5.38. The molecule has 1 aromatic rings. The minimum Gasteiger partial charge on any atom is -0.489 e. The summed E-state index contributed by atoms with van der Waals surface area (Å²) in [6.45, 7) is 0.610. The SMILES string of the molecule is CSCC[C@H](N)C(=O)N(C)CCOc1ccccc1F. The third-order valence-corrected chi connectivity index (χ3v) is 3.49. The number of hydrogen-bond donors (Lipinski definition) is 1. The first-order valence-electron chi connectivity index (χ1n) is 6.43.